The summed E-state index contributed by atoms with van der Waals surface area (Å²) in [6.07, 6.45) is 3.56. The largest absolute Gasteiger partial charge is 0.464 e. The summed E-state index contributed by atoms with van der Waals surface area (Å²) >= 11 is 0. The van der Waals surface area contributed by atoms with E-state index in [-0.39, 0.29) is 0 Å². The molecule has 2 aromatic heterocycles. The smallest absolute Gasteiger partial charge is 0.141 e. The molecule has 2 heterocycles. The van der Waals surface area contributed by atoms with Gasteiger partial charge in [-0.1, -0.05) is 18.2 Å². The number of nitrogens with zero attached hydrogens (tertiary/aromatic N) is 1. The lowest BCUT2D eigenvalue weighted by atomic mass is 10.2. The van der Waals surface area contributed by atoms with Gasteiger partial charge in [0.1, 0.15) is 17.7 Å². The number of imidazole rings is 1. The molecule has 0 radical (unpaired) electrons. The molecule has 74 valence electrons. The maximum atomic E-state index is 5.45. The number of hydrogen-bond acceptors (Lipinski definition) is 2. The lowest BCUT2D eigenvalue weighted by Crippen LogP contribution is -1.77. The summed E-state index contributed by atoms with van der Waals surface area (Å²) in [5.41, 5.74) is 2.95. The van der Waals surface area contributed by atoms with E-state index in [0.29, 0.717) is 0 Å². The molecule has 3 heteroatoms. The number of furan rings is 1. The fraction of sp³-hybridized carbons (Fsp3) is 0.0833. The van der Waals surface area contributed by atoms with Crippen LogP contribution >= 0.6 is 0 Å². The van der Waals surface area contributed by atoms with Crippen LogP contribution in [0.15, 0.2) is 41.1 Å². The number of aryl methyl sites for hydroxylation is 1. The van der Waals surface area contributed by atoms with Crippen molar-refractivity contribution in [1.82, 2.24) is 9.97 Å². The molecule has 0 aliphatic rings. The zero-order valence-corrected chi connectivity index (χ0v) is 8.32. The van der Waals surface area contributed by atoms with E-state index in [9.17, 15) is 0 Å². The molecule has 0 saturated heterocycles. The Hall–Kier alpha value is -2.03. The first-order valence-corrected chi connectivity index (χ1v) is 4.83. The van der Waals surface area contributed by atoms with Crippen molar-refractivity contribution in [3.8, 4) is 11.4 Å². The van der Waals surface area contributed by atoms with Gasteiger partial charge in [0.2, 0.25) is 0 Å². The first kappa shape index (κ1) is 8.29. The molecule has 1 aromatic carbocycles. The molecular weight excluding hydrogens is 188 g/mol. The fourth-order valence-electron chi connectivity index (χ4n) is 1.71. The second-order valence-corrected chi connectivity index (χ2v) is 3.56. The predicted molar refractivity (Wildman–Crippen MR) is 58.5 cm³/mol. The van der Waals surface area contributed by atoms with Gasteiger partial charge in [-0.25, -0.2) is 4.98 Å². The Bertz CT molecular complexity index is 607. The van der Waals surface area contributed by atoms with Gasteiger partial charge in [0, 0.05) is 17.3 Å². The highest BCUT2D eigenvalue weighted by Gasteiger charge is 2.09. The van der Waals surface area contributed by atoms with Gasteiger partial charge in [-0.3, -0.25) is 0 Å². The summed E-state index contributed by atoms with van der Waals surface area (Å²) in [6.45, 7) is 1.98. The molecule has 0 amide bonds. The van der Waals surface area contributed by atoms with E-state index in [0.717, 1.165) is 28.1 Å². The zero-order chi connectivity index (χ0) is 10.3. The van der Waals surface area contributed by atoms with Gasteiger partial charge >= 0.3 is 0 Å². The summed E-state index contributed by atoms with van der Waals surface area (Å²) in [6, 6.07) is 7.95. The van der Waals surface area contributed by atoms with Crippen LogP contribution in [0.25, 0.3) is 22.4 Å². The Morgan fingerprint density at radius 1 is 1.27 bits per heavy atom. The molecule has 0 fully saturated rings. The first-order valence-electron chi connectivity index (χ1n) is 4.83. The average Bonchev–Trinajstić information content (AvgIpc) is 2.83. The van der Waals surface area contributed by atoms with Gasteiger partial charge in [-0.05, 0) is 13.0 Å². The summed E-state index contributed by atoms with van der Waals surface area (Å²) in [5.74, 6) is 0.859. The lowest BCUT2D eigenvalue weighted by molar-refractivity contribution is 0.616. The van der Waals surface area contributed by atoms with Crippen LogP contribution < -0.4 is 0 Å². The van der Waals surface area contributed by atoms with Crippen molar-refractivity contribution in [2.45, 2.75) is 6.92 Å². The molecule has 0 saturated carbocycles. The van der Waals surface area contributed by atoms with Gasteiger partial charge in [0.25, 0.3) is 0 Å². The Morgan fingerprint density at radius 2 is 2.13 bits per heavy atom. The lowest BCUT2D eigenvalue weighted by Gasteiger charge is -1.91. The highest BCUT2D eigenvalue weighted by Crippen LogP contribution is 2.28. The first-order chi connectivity index (χ1) is 7.34. The molecule has 3 aromatic rings. The number of hydrogen-bond donors (Lipinski definition) is 1. The maximum Gasteiger partial charge on any atom is 0.141 e. The topological polar surface area (TPSA) is 41.8 Å². The van der Waals surface area contributed by atoms with Crippen molar-refractivity contribution < 1.29 is 4.42 Å². The van der Waals surface area contributed by atoms with Crippen LogP contribution in [0.3, 0.4) is 0 Å². The Labute approximate surface area is 86.8 Å². The minimum Gasteiger partial charge on any atom is -0.464 e. The Kier molecular flexibility index (Phi) is 1.65. The molecule has 3 rings (SSSR count). The molecule has 0 atom stereocenters. The van der Waals surface area contributed by atoms with Crippen LogP contribution in [-0.4, -0.2) is 9.97 Å². The van der Waals surface area contributed by atoms with Crippen molar-refractivity contribution >= 4 is 11.0 Å². The minimum absolute atomic E-state index is 0.859. The molecule has 0 aliphatic heterocycles. The third kappa shape index (κ3) is 1.24. The number of rotatable bonds is 1. The van der Waals surface area contributed by atoms with Crippen LogP contribution in [0.2, 0.25) is 0 Å². The van der Waals surface area contributed by atoms with Crippen LogP contribution in [0.5, 0.6) is 0 Å². The van der Waals surface area contributed by atoms with Crippen LogP contribution in [0, 0.1) is 6.92 Å². The van der Waals surface area contributed by atoms with Crippen molar-refractivity contribution in [1.29, 1.82) is 0 Å². The van der Waals surface area contributed by atoms with Gasteiger partial charge in [0.15, 0.2) is 0 Å². The SMILES string of the molecule is Cc1cnc(-c2coc3ccccc23)[nH]1. The zero-order valence-electron chi connectivity index (χ0n) is 8.32. The number of H-pyrrole nitrogens is 1. The van der Waals surface area contributed by atoms with Crippen molar-refractivity contribution in [2.24, 2.45) is 0 Å². The van der Waals surface area contributed by atoms with Crippen molar-refractivity contribution in [3.05, 3.63) is 42.4 Å². The van der Waals surface area contributed by atoms with Crippen molar-refractivity contribution in [3.63, 3.8) is 0 Å². The van der Waals surface area contributed by atoms with E-state index in [4.69, 9.17) is 4.42 Å². The second kappa shape index (κ2) is 2.98. The molecule has 0 aliphatic carbocycles. The maximum absolute atomic E-state index is 5.45. The molecule has 1 N–H and O–H groups in total. The van der Waals surface area contributed by atoms with E-state index < -0.39 is 0 Å². The highest BCUT2D eigenvalue weighted by molar-refractivity contribution is 5.91. The number of aromatic amines is 1. The third-order valence-electron chi connectivity index (χ3n) is 2.44. The van der Waals surface area contributed by atoms with Crippen LogP contribution in [-0.2, 0) is 0 Å². The van der Waals surface area contributed by atoms with E-state index in [1.165, 1.54) is 0 Å². The molecule has 0 bridgehead atoms. The molecule has 3 nitrogen and oxygen atoms in total. The van der Waals surface area contributed by atoms with Gasteiger partial charge in [-0.15, -0.1) is 0 Å². The summed E-state index contributed by atoms with van der Waals surface area (Å²) < 4.78 is 5.45. The molecule has 0 unspecified atom stereocenters. The van der Waals surface area contributed by atoms with Gasteiger partial charge < -0.3 is 9.40 Å². The van der Waals surface area contributed by atoms with E-state index in [1.54, 1.807) is 6.26 Å². The quantitative estimate of drug-likeness (QED) is 0.652. The van der Waals surface area contributed by atoms with E-state index >= 15 is 0 Å². The third-order valence-corrected chi connectivity index (χ3v) is 2.44. The molecular formula is C12H10N2O. The summed E-state index contributed by atoms with van der Waals surface area (Å²) in [5, 5.41) is 1.09. The Balaban J connectivity index is 2.27. The normalized spacial score (nSPS) is 11.0. The number of benzene rings is 1. The van der Waals surface area contributed by atoms with E-state index in [1.807, 2.05) is 37.4 Å². The second-order valence-electron chi connectivity index (χ2n) is 3.56. The van der Waals surface area contributed by atoms with Crippen LogP contribution in [0.1, 0.15) is 5.69 Å². The van der Waals surface area contributed by atoms with Gasteiger partial charge in [-0.2, -0.15) is 0 Å². The fourth-order valence-corrected chi connectivity index (χ4v) is 1.71. The summed E-state index contributed by atoms with van der Waals surface area (Å²) in [7, 11) is 0. The number of para-hydroxylation sites is 1. The standard InChI is InChI=1S/C12H10N2O/c1-8-6-13-12(14-8)10-7-15-11-5-3-2-4-9(10)11/h2-7H,1H3,(H,13,14). The molecule has 0 spiro atoms. The predicted octanol–water partition coefficient (Wildman–Crippen LogP) is 3.13. The van der Waals surface area contributed by atoms with Gasteiger partial charge in [0.05, 0.1) is 5.56 Å². The number of nitrogens with one attached hydrogen (secondary N) is 1. The molecule has 15 heavy (non-hydrogen) atoms. The minimum atomic E-state index is 0.859. The highest BCUT2D eigenvalue weighted by atomic mass is 16.3. The summed E-state index contributed by atoms with van der Waals surface area (Å²) in [4.78, 5) is 7.49. The van der Waals surface area contributed by atoms with E-state index in [2.05, 4.69) is 9.97 Å². The Morgan fingerprint density at radius 3 is 2.93 bits per heavy atom. The monoisotopic (exact) mass is 198 g/mol. The number of fused-ring (bicyclic) bond motifs is 1. The van der Waals surface area contributed by atoms with Crippen molar-refractivity contribution in [2.75, 3.05) is 0 Å². The average molecular weight is 198 g/mol. The number of aromatic nitrogens is 2. The van der Waals surface area contributed by atoms with Crippen LogP contribution in [0.4, 0.5) is 0 Å².